The van der Waals surface area contributed by atoms with Crippen LogP contribution in [0.4, 0.5) is 0 Å². The molecular weight excluding hydrogens is 428 g/mol. The molecule has 3 rings (SSSR count). The molecule has 3 aliphatic rings. The first-order chi connectivity index (χ1) is 16.1. The van der Waals surface area contributed by atoms with E-state index in [0.29, 0.717) is 50.5 Å². The van der Waals surface area contributed by atoms with Gasteiger partial charge in [0.1, 0.15) is 0 Å². The van der Waals surface area contributed by atoms with Crippen LogP contribution in [-0.2, 0) is 4.74 Å². The molecule has 4 N–H and O–H groups in total. The van der Waals surface area contributed by atoms with Crippen LogP contribution in [0.2, 0.25) is 0 Å². The molecule has 0 aromatic carbocycles. The van der Waals surface area contributed by atoms with Gasteiger partial charge in [-0.3, -0.25) is 0 Å². The third kappa shape index (κ3) is 5.70. The highest BCUT2D eigenvalue weighted by Crippen LogP contribution is 2.58. The Balaban J connectivity index is 1.64. The van der Waals surface area contributed by atoms with E-state index in [-0.39, 0.29) is 11.5 Å². The number of fused-ring (bicyclic) bond motifs is 1. The third-order valence-electron chi connectivity index (χ3n) is 9.49. The Hall–Kier alpha value is -0.980. The van der Waals surface area contributed by atoms with Crippen LogP contribution in [0.1, 0.15) is 91.9 Å². The SMILES string of the molecule is C=C1/C(=C\C=C2/CCC[C@]3(C)[C@@H]([C@@H](C)OCC[C@@H](O)C(O)(CC)CC)CC[C@@H]23)C[C@@H](O)C[C@@H]1O. The zero-order chi connectivity index (χ0) is 25.1. The van der Waals surface area contributed by atoms with E-state index in [4.69, 9.17) is 4.74 Å². The summed E-state index contributed by atoms with van der Waals surface area (Å²) in [4.78, 5) is 0. The van der Waals surface area contributed by atoms with Crippen LogP contribution in [0, 0.1) is 17.3 Å². The van der Waals surface area contributed by atoms with Gasteiger partial charge in [0.05, 0.1) is 30.0 Å². The lowest BCUT2D eigenvalue weighted by Gasteiger charge is -2.44. The summed E-state index contributed by atoms with van der Waals surface area (Å²) in [6.45, 7) is 12.9. The van der Waals surface area contributed by atoms with E-state index >= 15 is 0 Å². The molecule has 0 spiro atoms. The van der Waals surface area contributed by atoms with Crippen LogP contribution in [0.3, 0.4) is 0 Å². The second kappa shape index (κ2) is 11.4. The number of aliphatic hydroxyl groups is 4. The molecule has 0 amide bonds. The summed E-state index contributed by atoms with van der Waals surface area (Å²) in [5.74, 6) is 0.993. The lowest BCUT2D eigenvalue weighted by Crippen LogP contribution is -2.42. The molecule has 0 aromatic rings. The van der Waals surface area contributed by atoms with Crippen LogP contribution < -0.4 is 0 Å². The highest BCUT2D eigenvalue weighted by atomic mass is 16.5. The maximum Gasteiger partial charge on any atom is 0.0901 e. The third-order valence-corrected chi connectivity index (χ3v) is 9.49. The number of rotatable bonds is 9. The quantitative estimate of drug-likeness (QED) is 0.383. The van der Waals surface area contributed by atoms with Gasteiger partial charge in [0.25, 0.3) is 0 Å². The van der Waals surface area contributed by atoms with Crippen molar-refractivity contribution in [2.24, 2.45) is 17.3 Å². The molecule has 34 heavy (non-hydrogen) atoms. The molecule has 3 fully saturated rings. The van der Waals surface area contributed by atoms with Gasteiger partial charge in [0.2, 0.25) is 0 Å². The second-order valence-corrected chi connectivity index (χ2v) is 11.4. The van der Waals surface area contributed by atoms with Crippen molar-refractivity contribution in [1.82, 2.24) is 0 Å². The fourth-order valence-electron chi connectivity index (χ4n) is 6.99. The van der Waals surface area contributed by atoms with Gasteiger partial charge < -0.3 is 25.2 Å². The lowest BCUT2D eigenvalue weighted by molar-refractivity contribution is -0.0997. The average Bonchev–Trinajstić information content (AvgIpc) is 3.17. The maximum atomic E-state index is 10.5. The minimum atomic E-state index is -1.02. The van der Waals surface area contributed by atoms with E-state index < -0.39 is 23.9 Å². The summed E-state index contributed by atoms with van der Waals surface area (Å²) in [5, 5.41) is 41.2. The summed E-state index contributed by atoms with van der Waals surface area (Å²) in [6.07, 6.45) is 10.8. The first-order valence-electron chi connectivity index (χ1n) is 13.5. The van der Waals surface area contributed by atoms with Gasteiger partial charge in [-0.25, -0.2) is 0 Å². The molecule has 0 unspecified atom stereocenters. The first-order valence-corrected chi connectivity index (χ1v) is 13.5. The Bertz CT molecular complexity index is 766. The molecular formula is C29H48O5. The van der Waals surface area contributed by atoms with Crippen LogP contribution >= 0.6 is 0 Å². The fourth-order valence-corrected chi connectivity index (χ4v) is 6.99. The van der Waals surface area contributed by atoms with Crippen molar-refractivity contribution in [1.29, 1.82) is 0 Å². The summed E-state index contributed by atoms with van der Waals surface area (Å²) in [6, 6.07) is 0. The molecule has 194 valence electrons. The molecule has 0 saturated heterocycles. The number of hydrogen-bond acceptors (Lipinski definition) is 5. The van der Waals surface area contributed by atoms with E-state index in [0.717, 1.165) is 36.8 Å². The molecule has 3 saturated carbocycles. The molecule has 0 bridgehead atoms. The summed E-state index contributed by atoms with van der Waals surface area (Å²) < 4.78 is 6.25. The van der Waals surface area contributed by atoms with E-state index in [9.17, 15) is 20.4 Å². The van der Waals surface area contributed by atoms with Crippen LogP contribution in [-0.4, -0.2) is 57.0 Å². The Morgan fingerprint density at radius 1 is 1.21 bits per heavy atom. The van der Waals surface area contributed by atoms with Crippen molar-refractivity contribution >= 4 is 0 Å². The highest BCUT2D eigenvalue weighted by molar-refractivity contribution is 5.38. The average molecular weight is 477 g/mol. The monoisotopic (exact) mass is 476 g/mol. The molecule has 0 heterocycles. The van der Waals surface area contributed by atoms with E-state index in [1.807, 2.05) is 13.8 Å². The first kappa shape index (κ1) is 27.6. The number of aliphatic hydroxyl groups excluding tert-OH is 3. The minimum Gasteiger partial charge on any atom is -0.393 e. The van der Waals surface area contributed by atoms with E-state index in [2.05, 4.69) is 32.6 Å². The number of hydrogen-bond donors (Lipinski definition) is 4. The van der Waals surface area contributed by atoms with Crippen molar-refractivity contribution in [3.63, 3.8) is 0 Å². The van der Waals surface area contributed by atoms with Crippen molar-refractivity contribution in [2.45, 2.75) is 122 Å². The molecule has 5 nitrogen and oxygen atoms in total. The summed E-state index contributed by atoms with van der Waals surface area (Å²) in [5.41, 5.74) is 2.35. The molecule has 0 aliphatic heterocycles. The van der Waals surface area contributed by atoms with Crippen molar-refractivity contribution in [3.8, 4) is 0 Å². The number of ether oxygens (including phenoxy) is 1. The van der Waals surface area contributed by atoms with Crippen molar-refractivity contribution in [2.75, 3.05) is 6.61 Å². The zero-order valence-corrected chi connectivity index (χ0v) is 21.8. The lowest BCUT2D eigenvalue weighted by atomic mass is 9.62. The fraction of sp³-hybridized carbons (Fsp3) is 0.793. The molecule has 0 aromatic heterocycles. The minimum absolute atomic E-state index is 0.111. The van der Waals surface area contributed by atoms with Gasteiger partial charge in [0.15, 0.2) is 0 Å². The standard InChI is InChI=1S/C29H48O5/c1-6-29(33,7-2)27(32)14-16-34-20(4)24-12-13-25-21(9-8-15-28(24,25)5)10-11-22-17-23(30)18-26(31)19(22)3/h10-11,20,23-27,30-33H,3,6-9,12-18H2,1-2,4-5H3/b21-10+,22-11-/t20-,23-,24-,25+,26+,27-,28-/m1/s1. The topological polar surface area (TPSA) is 90.2 Å². The van der Waals surface area contributed by atoms with Gasteiger partial charge in [-0.2, -0.15) is 0 Å². The van der Waals surface area contributed by atoms with Crippen LogP contribution in [0.15, 0.2) is 35.5 Å². The predicted molar refractivity (Wildman–Crippen MR) is 136 cm³/mol. The van der Waals surface area contributed by atoms with Crippen molar-refractivity contribution < 1.29 is 25.2 Å². The highest BCUT2D eigenvalue weighted by Gasteiger charge is 2.51. The molecule has 7 atom stereocenters. The second-order valence-electron chi connectivity index (χ2n) is 11.4. The summed E-state index contributed by atoms with van der Waals surface area (Å²) in [7, 11) is 0. The van der Waals surface area contributed by atoms with Crippen LogP contribution in [0.25, 0.3) is 0 Å². The zero-order valence-electron chi connectivity index (χ0n) is 21.8. The molecule has 3 aliphatic carbocycles. The number of allylic oxidation sites excluding steroid dienone is 3. The largest absolute Gasteiger partial charge is 0.393 e. The van der Waals surface area contributed by atoms with Gasteiger partial charge in [0, 0.05) is 13.0 Å². The van der Waals surface area contributed by atoms with Gasteiger partial charge in [-0.1, -0.05) is 45.1 Å². The van der Waals surface area contributed by atoms with Crippen LogP contribution in [0.5, 0.6) is 0 Å². The van der Waals surface area contributed by atoms with Gasteiger partial charge in [-0.05, 0) is 93.1 Å². The van der Waals surface area contributed by atoms with E-state index in [1.165, 1.54) is 12.0 Å². The normalized spacial score (nSPS) is 36.6. The predicted octanol–water partition coefficient (Wildman–Crippen LogP) is 4.83. The molecule has 0 radical (unpaired) electrons. The Labute approximate surface area is 206 Å². The maximum absolute atomic E-state index is 10.5. The summed E-state index contributed by atoms with van der Waals surface area (Å²) >= 11 is 0. The van der Waals surface area contributed by atoms with Gasteiger partial charge in [-0.15, -0.1) is 0 Å². The van der Waals surface area contributed by atoms with E-state index in [1.54, 1.807) is 0 Å². The Morgan fingerprint density at radius 3 is 2.59 bits per heavy atom. The van der Waals surface area contributed by atoms with Crippen molar-refractivity contribution in [3.05, 3.63) is 35.5 Å². The smallest absolute Gasteiger partial charge is 0.0901 e. The molecule has 5 heteroatoms. The Morgan fingerprint density at radius 2 is 1.91 bits per heavy atom. The Kier molecular flexibility index (Phi) is 9.24. The van der Waals surface area contributed by atoms with Gasteiger partial charge >= 0.3 is 0 Å².